The van der Waals surface area contributed by atoms with E-state index in [9.17, 15) is 4.79 Å². The van der Waals surface area contributed by atoms with Crippen LogP contribution in [0, 0.1) is 0 Å². The van der Waals surface area contributed by atoms with Gasteiger partial charge in [0.2, 0.25) is 5.91 Å². The lowest BCUT2D eigenvalue weighted by molar-refractivity contribution is -0.129. The SMILES string of the molecule is CCCCCN1CNC(c2ccccc2)C1=O. The molecule has 3 heteroatoms. The maximum absolute atomic E-state index is 12.2. The van der Waals surface area contributed by atoms with Crippen LogP contribution in [0.5, 0.6) is 0 Å². The zero-order valence-electron chi connectivity index (χ0n) is 10.4. The van der Waals surface area contributed by atoms with Gasteiger partial charge in [0, 0.05) is 6.54 Å². The number of carbonyl (C=O) groups excluding carboxylic acids is 1. The van der Waals surface area contributed by atoms with Gasteiger partial charge < -0.3 is 4.90 Å². The lowest BCUT2D eigenvalue weighted by atomic mass is 10.1. The van der Waals surface area contributed by atoms with Gasteiger partial charge in [0.1, 0.15) is 6.04 Å². The van der Waals surface area contributed by atoms with E-state index in [1.807, 2.05) is 35.2 Å². The van der Waals surface area contributed by atoms with Crippen molar-refractivity contribution >= 4 is 5.91 Å². The van der Waals surface area contributed by atoms with Gasteiger partial charge in [-0.3, -0.25) is 10.1 Å². The van der Waals surface area contributed by atoms with E-state index in [1.54, 1.807) is 0 Å². The Bertz CT molecular complexity index is 364. The molecule has 1 amide bonds. The van der Waals surface area contributed by atoms with E-state index in [0.29, 0.717) is 6.67 Å². The molecule has 0 aliphatic carbocycles. The summed E-state index contributed by atoms with van der Waals surface area (Å²) < 4.78 is 0. The highest BCUT2D eigenvalue weighted by Crippen LogP contribution is 2.20. The summed E-state index contributed by atoms with van der Waals surface area (Å²) in [5.41, 5.74) is 1.07. The fourth-order valence-corrected chi connectivity index (χ4v) is 2.20. The van der Waals surface area contributed by atoms with Gasteiger partial charge in [-0.25, -0.2) is 0 Å². The molecule has 1 N–H and O–H groups in total. The van der Waals surface area contributed by atoms with E-state index < -0.39 is 0 Å². The van der Waals surface area contributed by atoms with Crippen molar-refractivity contribution in [2.75, 3.05) is 13.2 Å². The van der Waals surface area contributed by atoms with Crippen molar-refractivity contribution in [2.24, 2.45) is 0 Å². The fraction of sp³-hybridized carbons (Fsp3) is 0.500. The zero-order valence-corrected chi connectivity index (χ0v) is 10.4. The second kappa shape index (κ2) is 5.82. The average molecular weight is 232 g/mol. The number of nitrogens with zero attached hydrogens (tertiary/aromatic N) is 1. The Kier molecular flexibility index (Phi) is 4.15. The minimum absolute atomic E-state index is 0.141. The third-order valence-corrected chi connectivity index (χ3v) is 3.21. The molecule has 0 spiro atoms. The Labute approximate surface area is 103 Å². The van der Waals surface area contributed by atoms with Gasteiger partial charge in [-0.1, -0.05) is 50.1 Å². The predicted molar refractivity (Wildman–Crippen MR) is 68.4 cm³/mol. The molecular weight excluding hydrogens is 212 g/mol. The minimum Gasteiger partial charge on any atom is -0.328 e. The molecule has 0 saturated carbocycles. The van der Waals surface area contributed by atoms with Crippen molar-refractivity contribution < 1.29 is 4.79 Å². The van der Waals surface area contributed by atoms with Gasteiger partial charge >= 0.3 is 0 Å². The van der Waals surface area contributed by atoms with E-state index in [2.05, 4.69) is 12.2 Å². The largest absolute Gasteiger partial charge is 0.328 e. The summed E-state index contributed by atoms with van der Waals surface area (Å²) >= 11 is 0. The average Bonchev–Trinajstić information content (AvgIpc) is 2.73. The zero-order chi connectivity index (χ0) is 12.1. The topological polar surface area (TPSA) is 32.3 Å². The van der Waals surface area contributed by atoms with Crippen LogP contribution in [-0.4, -0.2) is 24.0 Å². The third kappa shape index (κ3) is 2.86. The van der Waals surface area contributed by atoms with Crippen LogP contribution in [-0.2, 0) is 4.79 Å². The van der Waals surface area contributed by atoms with E-state index >= 15 is 0 Å². The second-order valence-corrected chi connectivity index (χ2v) is 4.51. The molecule has 17 heavy (non-hydrogen) atoms. The summed E-state index contributed by atoms with van der Waals surface area (Å²) in [7, 11) is 0. The highest BCUT2D eigenvalue weighted by atomic mass is 16.2. The Morgan fingerprint density at radius 2 is 2.06 bits per heavy atom. The molecule has 0 aromatic heterocycles. The molecule has 0 bridgehead atoms. The molecule has 1 saturated heterocycles. The number of rotatable bonds is 5. The van der Waals surface area contributed by atoms with Crippen molar-refractivity contribution in [1.29, 1.82) is 0 Å². The van der Waals surface area contributed by atoms with Crippen LogP contribution in [0.25, 0.3) is 0 Å². The number of amides is 1. The number of hydrogen-bond acceptors (Lipinski definition) is 2. The van der Waals surface area contributed by atoms with E-state index in [0.717, 1.165) is 18.5 Å². The molecule has 0 radical (unpaired) electrons. The van der Waals surface area contributed by atoms with Crippen molar-refractivity contribution in [3.8, 4) is 0 Å². The summed E-state index contributed by atoms with van der Waals surface area (Å²) in [4.78, 5) is 14.1. The smallest absolute Gasteiger partial charge is 0.245 e. The maximum Gasteiger partial charge on any atom is 0.245 e. The van der Waals surface area contributed by atoms with Gasteiger partial charge in [-0.2, -0.15) is 0 Å². The molecule has 1 aliphatic rings. The van der Waals surface area contributed by atoms with Gasteiger partial charge in [0.05, 0.1) is 6.67 Å². The summed E-state index contributed by atoms with van der Waals surface area (Å²) in [6, 6.07) is 9.80. The van der Waals surface area contributed by atoms with Crippen molar-refractivity contribution in [2.45, 2.75) is 32.2 Å². The second-order valence-electron chi connectivity index (χ2n) is 4.51. The molecule has 92 valence electrons. The van der Waals surface area contributed by atoms with Crippen LogP contribution in [0.3, 0.4) is 0 Å². The van der Waals surface area contributed by atoms with Crippen molar-refractivity contribution in [1.82, 2.24) is 10.2 Å². The monoisotopic (exact) mass is 232 g/mol. The Morgan fingerprint density at radius 3 is 2.76 bits per heavy atom. The Morgan fingerprint density at radius 1 is 1.29 bits per heavy atom. The quantitative estimate of drug-likeness (QED) is 0.790. The Hall–Kier alpha value is -1.35. The molecule has 1 heterocycles. The van der Waals surface area contributed by atoms with Gasteiger partial charge in [-0.15, -0.1) is 0 Å². The molecule has 1 aromatic carbocycles. The van der Waals surface area contributed by atoms with E-state index in [-0.39, 0.29) is 11.9 Å². The van der Waals surface area contributed by atoms with E-state index in [4.69, 9.17) is 0 Å². The normalized spacial score (nSPS) is 19.9. The molecule has 1 aromatic rings. The third-order valence-electron chi connectivity index (χ3n) is 3.21. The fourth-order valence-electron chi connectivity index (χ4n) is 2.20. The van der Waals surface area contributed by atoms with Crippen molar-refractivity contribution in [3.63, 3.8) is 0 Å². The molecule has 1 unspecified atom stereocenters. The summed E-state index contributed by atoms with van der Waals surface area (Å²) in [5.74, 6) is 0.215. The standard InChI is InChI=1S/C14H20N2O/c1-2-3-7-10-16-11-15-13(14(16)17)12-8-5-4-6-9-12/h4-6,8-9,13,15H,2-3,7,10-11H2,1H3. The first kappa shape index (κ1) is 12.1. The van der Waals surface area contributed by atoms with Crippen LogP contribution in [0.15, 0.2) is 30.3 Å². The number of benzene rings is 1. The molecule has 3 nitrogen and oxygen atoms in total. The molecule has 1 atom stereocenters. The highest BCUT2D eigenvalue weighted by molar-refractivity contribution is 5.85. The van der Waals surface area contributed by atoms with Crippen molar-refractivity contribution in [3.05, 3.63) is 35.9 Å². The van der Waals surface area contributed by atoms with Crippen LogP contribution in [0.1, 0.15) is 37.8 Å². The lowest BCUT2D eigenvalue weighted by Gasteiger charge is -2.15. The van der Waals surface area contributed by atoms with Gasteiger partial charge in [-0.05, 0) is 12.0 Å². The van der Waals surface area contributed by atoms with Crippen LogP contribution >= 0.6 is 0 Å². The first-order chi connectivity index (χ1) is 8.33. The summed E-state index contributed by atoms with van der Waals surface area (Å²) in [6.45, 7) is 3.74. The molecule has 1 aliphatic heterocycles. The van der Waals surface area contributed by atoms with Crippen LogP contribution in [0.4, 0.5) is 0 Å². The molecule has 1 fully saturated rings. The minimum atomic E-state index is -0.141. The first-order valence-corrected chi connectivity index (χ1v) is 6.40. The Balaban J connectivity index is 1.94. The predicted octanol–water partition coefficient (Wildman–Crippen LogP) is 2.31. The van der Waals surface area contributed by atoms with Gasteiger partial charge in [0.15, 0.2) is 0 Å². The lowest BCUT2D eigenvalue weighted by Crippen LogP contribution is -2.27. The van der Waals surface area contributed by atoms with Crippen LogP contribution in [0.2, 0.25) is 0 Å². The highest BCUT2D eigenvalue weighted by Gasteiger charge is 2.31. The van der Waals surface area contributed by atoms with Gasteiger partial charge in [0.25, 0.3) is 0 Å². The number of unbranched alkanes of at least 4 members (excludes halogenated alkanes) is 2. The van der Waals surface area contributed by atoms with E-state index in [1.165, 1.54) is 12.8 Å². The molecule has 2 rings (SSSR count). The summed E-state index contributed by atoms with van der Waals surface area (Å²) in [6.07, 6.45) is 3.49. The summed E-state index contributed by atoms with van der Waals surface area (Å²) in [5, 5.41) is 3.28. The van der Waals surface area contributed by atoms with Crippen LogP contribution < -0.4 is 5.32 Å². The maximum atomic E-state index is 12.2. The number of hydrogen-bond donors (Lipinski definition) is 1. The number of carbonyl (C=O) groups is 1. The number of nitrogens with one attached hydrogen (secondary N) is 1. The first-order valence-electron chi connectivity index (χ1n) is 6.40. The molecular formula is C14H20N2O.